The minimum absolute atomic E-state index is 0.0444. The van der Waals surface area contributed by atoms with Crippen LogP contribution in [0.3, 0.4) is 0 Å². The second-order valence-electron chi connectivity index (χ2n) is 3.60. The Morgan fingerprint density at radius 3 is 2.94 bits per heavy atom. The number of benzene rings is 1. The summed E-state index contributed by atoms with van der Waals surface area (Å²) in [5.74, 6) is 5.16. The highest BCUT2D eigenvalue weighted by Crippen LogP contribution is 2.11. The molecule has 1 aromatic carbocycles. The molecule has 0 bridgehead atoms. The molecular formula is C13H11FN2OS. The quantitative estimate of drug-likeness (QED) is 0.832. The number of thiazole rings is 1. The minimum atomic E-state index is -0.349. The van der Waals surface area contributed by atoms with E-state index in [0.29, 0.717) is 12.1 Å². The third kappa shape index (κ3) is 2.86. The van der Waals surface area contributed by atoms with Gasteiger partial charge in [-0.25, -0.2) is 4.39 Å². The second-order valence-corrected chi connectivity index (χ2v) is 4.46. The van der Waals surface area contributed by atoms with Crippen LogP contribution in [-0.4, -0.2) is 11.1 Å². The fraction of sp³-hybridized carbons (Fsp3) is 0.154. The molecule has 2 rings (SSSR count). The van der Waals surface area contributed by atoms with Crippen LogP contribution in [-0.2, 0) is 6.54 Å². The molecule has 0 saturated heterocycles. The van der Waals surface area contributed by atoms with Gasteiger partial charge >= 0.3 is 4.87 Å². The van der Waals surface area contributed by atoms with Crippen molar-refractivity contribution in [3.63, 3.8) is 0 Å². The molecule has 18 heavy (non-hydrogen) atoms. The van der Waals surface area contributed by atoms with Crippen LogP contribution in [0.15, 0.2) is 34.6 Å². The fourth-order valence-electron chi connectivity index (χ4n) is 1.54. The van der Waals surface area contributed by atoms with Gasteiger partial charge in [0.25, 0.3) is 0 Å². The maximum atomic E-state index is 13.2. The number of hydrogen-bond acceptors (Lipinski definition) is 3. The summed E-state index contributed by atoms with van der Waals surface area (Å²) in [6, 6.07) is 4.36. The molecule has 3 nitrogen and oxygen atoms in total. The van der Waals surface area contributed by atoms with Crippen LogP contribution in [0.2, 0.25) is 0 Å². The summed E-state index contributed by atoms with van der Waals surface area (Å²) in [5.41, 5.74) is 6.68. The predicted octanol–water partition coefficient (Wildman–Crippen LogP) is 1.41. The molecule has 1 aromatic heterocycles. The summed E-state index contributed by atoms with van der Waals surface area (Å²) in [5, 5.41) is 1.72. The van der Waals surface area contributed by atoms with Gasteiger partial charge in [-0.1, -0.05) is 29.2 Å². The van der Waals surface area contributed by atoms with Crippen LogP contribution in [0.25, 0.3) is 0 Å². The molecule has 2 N–H and O–H groups in total. The molecule has 0 aliphatic rings. The fourth-order valence-corrected chi connectivity index (χ4v) is 2.13. The topological polar surface area (TPSA) is 48.0 Å². The first-order chi connectivity index (χ1) is 8.70. The largest absolute Gasteiger partial charge is 0.320 e. The average Bonchev–Trinajstić information content (AvgIpc) is 2.75. The molecule has 1 heterocycles. The van der Waals surface area contributed by atoms with E-state index in [0.717, 1.165) is 16.9 Å². The van der Waals surface area contributed by atoms with Crippen molar-refractivity contribution in [3.8, 4) is 11.8 Å². The van der Waals surface area contributed by atoms with Crippen molar-refractivity contribution in [2.45, 2.75) is 6.54 Å². The zero-order chi connectivity index (χ0) is 13.0. The van der Waals surface area contributed by atoms with E-state index in [-0.39, 0.29) is 17.2 Å². The Morgan fingerprint density at radius 1 is 1.44 bits per heavy atom. The Morgan fingerprint density at radius 2 is 2.28 bits per heavy atom. The highest BCUT2D eigenvalue weighted by atomic mass is 32.1. The molecule has 0 fully saturated rings. The first-order valence-corrected chi connectivity index (χ1v) is 6.20. The Hall–Kier alpha value is -1.90. The van der Waals surface area contributed by atoms with E-state index in [1.165, 1.54) is 12.1 Å². The highest BCUT2D eigenvalue weighted by molar-refractivity contribution is 7.07. The summed E-state index contributed by atoms with van der Waals surface area (Å²) in [6.45, 7) is 0.603. The van der Waals surface area contributed by atoms with Crippen molar-refractivity contribution in [1.82, 2.24) is 4.57 Å². The summed E-state index contributed by atoms with van der Waals surface area (Å²) in [7, 11) is 0. The van der Waals surface area contributed by atoms with Gasteiger partial charge in [0.05, 0.1) is 13.1 Å². The van der Waals surface area contributed by atoms with E-state index in [2.05, 4.69) is 11.8 Å². The summed E-state index contributed by atoms with van der Waals surface area (Å²) >= 11 is 1.13. The molecule has 92 valence electrons. The molecule has 2 aromatic rings. The number of halogens is 1. The molecule has 0 spiro atoms. The summed E-state index contributed by atoms with van der Waals surface area (Å²) in [4.78, 5) is 11.4. The maximum Gasteiger partial charge on any atom is 0.307 e. The Balaban J connectivity index is 2.38. The number of rotatable bonds is 2. The number of aromatic nitrogens is 1. The second kappa shape index (κ2) is 5.63. The van der Waals surface area contributed by atoms with Crippen LogP contribution in [0.5, 0.6) is 0 Å². The molecule has 0 saturated carbocycles. The SMILES string of the molecule is NCC#Cc1cc(F)ccc1Cn1ccsc1=O. The van der Waals surface area contributed by atoms with Crippen molar-refractivity contribution < 1.29 is 4.39 Å². The average molecular weight is 262 g/mol. The van der Waals surface area contributed by atoms with Crippen molar-refractivity contribution in [3.05, 3.63) is 56.4 Å². The predicted molar refractivity (Wildman–Crippen MR) is 70.0 cm³/mol. The van der Waals surface area contributed by atoms with Crippen molar-refractivity contribution in [2.75, 3.05) is 6.54 Å². The van der Waals surface area contributed by atoms with Gasteiger partial charge in [0, 0.05) is 17.1 Å². The van der Waals surface area contributed by atoms with E-state index in [4.69, 9.17) is 5.73 Å². The van der Waals surface area contributed by atoms with Gasteiger partial charge in [-0.05, 0) is 17.7 Å². The lowest BCUT2D eigenvalue weighted by Crippen LogP contribution is -2.13. The first kappa shape index (κ1) is 12.6. The molecular weight excluding hydrogens is 251 g/mol. The normalized spacial score (nSPS) is 9.89. The number of hydrogen-bond donors (Lipinski definition) is 1. The lowest BCUT2D eigenvalue weighted by atomic mass is 10.1. The Bertz CT molecular complexity index is 663. The standard InChI is InChI=1S/C13H11FN2OS/c14-12-4-3-11(10(8-12)2-1-5-15)9-16-6-7-18-13(16)17/h3-4,6-8H,5,9,15H2. The maximum absolute atomic E-state index is 13.2. The van der Waals surface area contributed by atoms with Gasteiger partial charge in [0.15, 0.2) is 0 Å². The molecule has 5 heteroatoms. The monoisotopic (exact) mass is 262 g/mol. The third-order valence-corrected chi connectivity index (χ3v) is 3.08. The molecule has 0 unspecified atom stereocenters. The summed E-state index contributed by atoms with van der Waals surface area (Å²) in [6.07, 6.45) is 1.70. The van der Waals surface area contributed by atoms with Crippen molar-refractivity contribution >= 4 is 11.3 Å². The van der Waals surface area contributed by atoms with Gasteiger partial charge in [0.1, 0.15) is 5.82 Å². The minimum Gasteiger partial charge on any atom is -0.320 e. The van der Waals surface area contributed by atoms with Crippen LogP contribution in [0.1, 0.15) is 11.1 Å². The van der Waals surface area contributed by atoms with Crippen LogP contribution >= 0.6 is 11.3 Å². The van der Waals surface area contributed by atoms with Crippen LogP contribution < -0.4 is 10.6 Å². The van der Waals surface area contributed by atoms with Crippen molar-refractivity contribution in [2.24, 2.45) is 5.73 Å². The van der Waals surface area contributed by atoms with E-state index in [1.807, 2.05) is 0 Å². The van der Waals surface area contributed by atoms with Gasteiger partial charge < -0.3 is 10.3 Å². The van der Waals surface area contributed by atoms with E-state index in [1.54, 1.807) is 22.2 Å². The van der Waals surface area contributed by atoms with Gasteiger partial charge in [-0.3, -0.25) is 4.79 Å². The molecule has 0 amide bonds. The van der Waals surface area contributed by atoms with E-state index < -0.39 is 0 Å². The zero-order valence-corrected chi connectivity index (χ0v) is 10.3. The lowest BCUT2D eigenvalue weighted by Gasteiger charge is -2.05. The van der Waals surface area contributed by atoms with Gasteiger partial charge in [-0.2, -0.15) is 0 Å². The Kier molecular flexibility index (Phi) is 3.92. The zero-order valence-electron chi connectivity index (χ0n) is 9.52. The smallest absolute Gasteiger partial charge is 0.307 e. The third-order valence-electron chi connectivity index (χ3n) is 2.38. The van der Waals surface area contributed by atoms with Gasteiger partial charge in [0.2, 0.25) is 0 Å². The van der Waals surface area contributed by atoms with Crippen LogP contribution in [0.4, 0.5) is 4.39 Å². The number of nitrogens with zero attached hydrogens (tertiary/aromatic N) is 1. The highest BCUT2D eigenvalue weighted by Gasteiger charge is 2.04. The Labute approximate surface area is 108 Å². The summed E-state index contributed by atoms with van der Waals surface area (Å²) < 4.78 is 14.7. The van der Waals surface area contributed by atoms with E-state index >= 15 is 0 Å². The van der Waals surface area contributed by atoms with Crippen molar-refractivity contribution in [1.29, 1.82) is 0 Å². The number of nitrogens with two attached hydrogens (primary N) is 1. The lowest BCUT2D eigenvalue weighted by molar-refractivity contribution is 0.625. The molecule has 0 atom stereocenters. The first-order valence-electron chi connectivity index (χ1n) is 5.32. The van der Waals surface area contributed by atoms with E-state index in [9.17, 15) is 9.18 Å². The molecule has 0 radical (unpaired) electrons. The van der Waals surface area contributed by atoms with Gasteiger partial charge in [-0.15, -0.1) is 0 Å². The molecule has 0 aliphatic carbocycles. The van der Waals surface area contributed by atoms with Crippen LogP contribution in [0, 0.1) is 17.7 Å². The molecule has 0 aliphatic heterocycles.